The van der Waals surface area contributed by atoms with Gasteiger partial charge in [0.05, 0.1) is 0 Å². The van der Waals surface area contributed by atoms with Crippen LogP contribution >= 0.6 is 0 Å². The Morgan fingerprint density at radius 1 is 0.917 bits per heavy atom. The number of hydrogen-bond donors (Lipinski definition) is 1. The lowest BCUT2D eigenvalue weighted by Crippen LogP contribution is -2.39. The van der Waals surface area contributed by atoms with Gasteiger partial charge in [-0.1, -0.05) is 67.1 Å². The van der Waals surface area contributed by atoms with Gasteiger partial charge in [0, 0.05) is 18.4 Å². The lowest BCUT2D eigenvalue weighted by molar-refractivity contribution is -0.122. The number of carbonyl (C=O) groups is 1. The van der Waals surface area contributed by atoms with Crippen molar-refractivity contribution in [2.45, 2.75) is 44.1 Å². The van der Waals surface area contributed by atoms with Crippen molar-refractivity contribution in [3.8, 4) is 0 Å². The third-order valence-corrected chi connectivity index (χ3v) is 5.88. The molecule has 2 aromatic carbocycles. The van der Waals surface area contributed by atoms with E-state index in [0.29, 0.717) is 12.5 Å². The molecular formula is C22H25NO. The Morgan fingerprint density at radius 2 is 1.54 bits per heavy atom. The van der Waals surface area contributed by atoms with Crippen molar-refractivity contribution in [3.63, 3.8) is 0 Å². The summed E-state index contributed by atoms with van der Waals surface area (Å²) < 4.78 is 0. The summed E-state index contributed by atoms with van der Waals surface area (Å²) in [5, 5.41) is 3.34. The normalized spacial score (nSPS) is 25.1. The van der Waals surface area contributed by atoms with Gasteiger partial charge in [-0.15, -0.1) is 0 Å². The molecule has 0 saturated heterocycles. The topological polar surface area (TPSA) is 29.1 Å². The van der Waals surface area contributed by atoms with Crippen molar-refractivity contribution in [3.05, 3.63) is 71.8 Å². The first-order valence-corrected chi connectivity index (χ1v) is 9.19. The van der Waals surface area contributed by atoms with E-state index < -0.39 is 0 Å². The van der Waals surface area contributed by atoms with Crippen molar-refractivity contribution >= 4 is 5.91 Å². The summed E-state index contributed by atoms with van der Waals surface area (Å²) >= 11 is 0. The summed E-state index contributed by atoms with van der Waals surface area (Å²) in [6.45, 7) is 0. The monoisotopic (exact) mass is 319 g/mol. The van der Waals surface area contributed by atoms with E-state index in [2.05, 4.69) is 53.8 Å². The minimum absolute atomic E-state index is 0.131. The van der Waals surface area contributed by atoms with Gasteiger partial charge >= 0.3 is 0 Å². The standard InChI is InChI=1S/C22H25NO/c24-22(23-21-14-16-11-12-19(21)13-16)15-20(17-7-3-1-4-8-17)18-9-5-2-6-10-18/h1-10,16,19-21H,11-15H2,(H,23,24). The molecule has 0 radical (unpaired) electrons. The van der Waals surface area contributed by atoms with Crippen LogP contribution in [0.4, 0.5) is 0 Å². The highest BCUT2D eigenvalue weighted by Gasteiger charge is 2.40. The quantitative estimate of drug-likeness (QED) is 0.863. The zero-order chi connectivity index (χ0) is 16.4. The maximum atomic E-state index is 12.7. The van der Waals surface area contributed by atoms with E-state index in [-0.39, 0.29) is 11.8 Å². The smallest absolute Gasteiger partial charge is 0.221 e. The number of nitrogens with one attached hydrogen (secondary N) is 1. The molecule has 4 rings (SSSR count). The Morgan fingerprint density at radius 3 is 2.04 bits per heavy atom. The van der Waals surface area contributed by atoms with E-state index in [1.165, 1.54) is 36.8 Å². The lowest BCUT2D eigenvalue weighted by Gasteiger charge is -2.24. The zero-order valence-electron chi connectivity index (χ0n) is 14.0. The van der Waals surface area contributed by atoms with Crippen LogP contribution in [-0.2, 0) is 4.79 Å². The van der Waals surface area contributed by atoms with Crippen molar-refractivity contribution in [2.24, 2.45) is 11.8 Å². The first-order valence-electron chi connectivity index (χ1n) is 9.19. The summed E-state index contributed by atoms with van der Waals surface area (Å²) in [6, 6.07) is 21.2. The number of benzene rings is 2. The largest absolute Gasteiger partial charge is 0.353 e. The van der Waals surface area contributed by atoms with Crippen molar-refractivity contribution in [1.29, 1.82) is 0 Å². The number of hydrogen-bond acceptors (Lipinski definition) is 1. The van der Waals surface area contributed by atoms with Gasteiger partial charge in [-0.05, 0) is 42.2 Å². The summed E-state index contributed by atoms with van der Waals surface area (Å²) in [6.07, 6.45) is 5.72. The molecule has 124 valence electrons. The molecule has 2 aromatic rings. The number of amides is 1. The molecule has 2 aliphatic carbocycles. The molecule has 3 atom stereocenters. The fourth-order valence-corrected chi connectivity index (χ4v) is 4.67. The molecular weight excluding hydrogens is 294 g/mol. The minimum atomic E-state index is 0.131. The van der Waals surface area contributed by atoms with Crippen LogP contribution < -0.4 is 5.32 Å². The predicted molar refractivity (Wildman–Crippen MR) is 96.7 cm³/mol. The van der Waals surface area contributed by atoms with Crippen molar-refractivity contribution < 1.29 is 4.79 Å². The highest BCUT2D eigenvalue weighted by atomic mass is 16.1. The van der Waals surface area contributed by atoms with Gasteiger partial charge in [-0.2, -0.15) is 0 Å². The number of carbonyl (C=O) groups excluding carboxylic acids is 1. The summed E-state index contributed by atoms with van der Waals surface area (Å²) in [5.41, 5.74) is 2.43. The SMILES string of the molecule is O=C(CC(c1ccccc1)c1ccccc1)NC1CC2CCC1C2. The molecule has 2 fully saturated rings. The fraction of sp³-hybridized carbons (Fsp3) is 0.409. The van der Waals surface area contributed by atoms with Crippen LogP contribution in [0.5, 0.6) is 0 Å². The summed E-state index contributed by atoms with van der Waals surface area (Å²) in [5.74, 6) is 1.92. The first kappa shape index (κ1) is 15.4. The molecule has 2 heteroatoms. The van der Waals surface area contributed by atoms with E-state index in [9.17, 15) is 4.79 Å². The molecule has 3 unspecified atom stereocenters. The fourth-order valence-electron chi connectivity index (χ4n) is 4.67. The second-order valence-electron chi connectivity index (χ2n) is 7.43. The van der Waals surface area contributed by atoms with Crippen molar-refractivity contribution in [2.75, 3.05) is 0 Å². The van der Waals surface area contributed by atoms with E-state index in [0.717, 1.165) is 11.8 Å². The van der Waals surface area contributed by atoms with Crippen LogP contribution in [-0.4, -0.2) is 11.9 Å². The first-order chi connectivity index (χ1) is 11.8. The third kappa shape index (κ3) is 3.24. The highest BCUT2D eigenvalue weighted by molar-refractivity contribution is 5.78. The second-order valence-corrected chi connectivity index (χ2v) is 7.43. The van der Waals surface area contributed by atoms with E-state index in [4.69, 9.17) is 0 Å². The van der Waals surface area contributed by atoms with Gasteiger partial charge < -0.3 is 5.32 Å². The lowest BCUT2D eigenvalue weighted by atomic mass is 9.88. The molecule has 2 aliphatic rings. The Balaban J connectivity index is 1.48. The summed E-state index contributed by atoms with van der Waals surface area (Å²) in [4.78, 5) is 12.7. The van der Waals surface area contributed by atoms with Gasteiger partial charge in [0.15, 0.2) is 0 Å². The predicted octanol–water partition coefficient (Wildman–Crippen LogP) is 4.51. The Hall–Kier alpha value is -2.09. The Kier molecular flexibility index (Phi) is 4.38. The molecule has 2 bridgehead atoms. The Labute approximate surface area is 144 Å². The van der Waals surface area contributed by atoms with Gasteiger partial charge in [0.1, 0.15) is 0 Å². The maximum absolute atomic E-state index is 12.7. The van der Waals surface area contributed by atoms with Gasteiger partial charge in [0.2, 0.25) is 5.91 Å². The maximum Gasteiger partial charge on any atom is 0.221 e. The minimum Gasteiger partial charge on any atom is -0.353 e. The average molecular weight is 319 g/mol. The molecule has 0 heterocycles. The molecule has 0 aromatic heterocycles. The van der Waals surface area contributed by atoms with E-state index in [1.54, 1.807) is 0 Å². The Bertz CT molecular complexity index is 642. The van der Waals surface area contributed by atoms with Crippen LogP contribution in [0.15, 0.2) is 60.7 Å². The molecule has 0 aliphatic heterocycles. The van der Waals surface area contributed by atoms with Crippen LogP contribution in [0.1, 0.15) is 49.1 Å². The average Bonchev–Trinajstić information content (AvgIpc) is 3.24. The van der Waals surface area contributed by atoms with Crippen LogP contribution in [0, 0.1) is 11.8 Å². The molecule has 0 spiro atoms. The molecule has 1 N–H and O–H groups in total. The third-order valence-electron chi connectivity index (χ3n) is 5.88. The van der Waals surface area contributed by atoms with Crippen LogP contribution in [0.25, 0.3) is 0 Å². The van der Waals surface area contributed by atoms with E-state index in [1.807, 2.05) is 12.1 Å². The second kappa shape index (κ2) is 6.80. The summed E-state index contributed by atoms with van der Waals surface area (Å²) in [7, 11) is 0. The van der Waals surface area contributed by atoms with Gasteiger partial charge in [-0.3, -0.25) is 4.79 Å². The zero-order valence-corrected chi connectivity index (χ0v) is 14.0. The van der Waals surface area contributed by atoms with Gasteiger partial charge in [-0.25, -0.2) is 0 Å². The van der Waals surface area contributed by atoms with Crippen LogP contribution in [0.2, 0.25) is 0 Å². The number of rotatable bonds is 5. The van der Waals surface area contributed by atoms with Crippen molar-refractivity contribution in [1.82, 2.24) is 5.32 Å². The molecule has 2 saturated carbocycles. The number of fused-ring (bicyclic) bond motifs is 2. The van der Waals surface area contributed by atoms with Gasteiger partial charge in [0.25, 0.3) is 0 Å². The van der Waals surface area contributed by atoms with E-state index >= 15 is 0 Å². The molecule has 24 heavy (non-hydrogen) atoms. The molecule has 1 amide bonds. The molecule has 2 nitrogen and oxygen atoms in total. The highest BCUT2D eigenvalue weighted by Crippen LogP contribution is 2.44. The van der Waals surface area contributed by atoms with Crippen LogP contribution in [0.3, 0.4) is 0 Å².